The molecule has 0 amide bonds. The maximum atomic E-state index is 11.7. The molecular weight excluding hydrogens is 290 g/mol. The van der Waals surface area contributed by atoms with Gasteiger partial charge in [-0.1, -0.05) is 0 Å². The standard InChI is InChI=1S/C11H15NO7S/c1-17-7-4-8(18-2)11(9(5-7)19-3)12-20(15,16)6-10(13)14/h4-5,12H,6H2,1-3H3,(H,13,14). The Balaban J connectivity index is 3.26. The topological polar surface area (TPSA) is 111 Å². The number of hydrogen-bond donors (Lipinski definition) is 2. The third kappa shape index (κ3) is 3.92. The predicted molar refractivity (Wildman–Crippen MR) is 71.1 cm³/mol. The number of hydrogen-bond acceptors (Lipinski definition) is 6. The van der Waals surface area contributed by atoms with Crippen LogP contribution in [0.1, 0.15) is 0 Å². The molecule has 0 saturated carbocycles. The van der Waals surface area contributed by atoms with Gasteiger partial charge in [0.25, 0.3) is 0 Å². The highest BCUT2D eigenvalue weighted by molar-refractivity contribution is 7.93. The molecule has 0 unspecified atom stereocenters. The highest BCUT2D eigenvalue weighted by atomic mass is 32.2. The van der Waals surface area contributed by atoms with Crippen molar-refractivity contribution < 1.29 is 32.5 Å². The number of methoxy groups -OCH3 is 3. The average molecular weight is 305 g/mol. The Morgan fingerprint density at radius 3 is 2.00 bits per heavy atom. The summed E-state index contributed by atoms with van der Waals surface area (Å²) >= 11 is 0. The van der Waals surface area contributed by atoms with Crippen LogP contribution in [0.4, 0.5) is 5.69 Å². The van der Waals surface area contributed by atoms with Crippen LogP contribution >= 0.6 is 0 Å². The first-order chi connectivity index (χ1) is 9.32. The number of carbonyl (C=O) groups is 1. The number of carboxylic acids is 1. The van der Waals surface area contributed by atoms with Crippen molar-refractivity contribution in [3.05, 3.63) is 12.1 Å². The summed E-state index contributed by atoms with van der Waals surface area (Å²) in [5.41, 5.74) is 0.0112. The minimum Gasteiger partial charge on any atom is -0.496 e. The van der Waals surface area contributed by atoms with Crippen LogP contribution in [0.25, 0.3) is 0 Å². The average Bonchev–Trinajstić information content (AvgIpc) is 2.36. The Hall–Kier alpha value is -2.16. The molecule has 112 valence electrons. The van der Waals surface area contributed by atoms with Crippen molar-refractivity contribution in [1.29, 1.82) is 0 Å². The summed E-state index contributed by atoms with van der Waals surface area (Å²) in [4.78, 5) is 10.5. The summed E-state index contributed by atoms with van der Waals surface area (Å²) < 4.78 is 40.6. The van der Waals surface area contributed by atoms with Crippen molar-refractivity contribution in [2.75, 3.05) is 31.8 Å². The first-order valence-corrected chi connectivity index (χ1v) is 7.00. The monoisotopic (exact) mass is 305 g/mol. The summed E-state index contributed by atoms with van der Waals surface area (Å²) in [6.45, 7) is 0. The van der Waals surface area contributed by atoms with Crippen LogP contribution in [0.15, 0.2) is 12.1 Å². The van der Waals surface area contributed by atoms with Crippen molar-refractivity contribution >= 4 is 21.7 Å². The zero-order chi connectivity index (χ0) is 15.3. The predicted octanol–water partition coefficient (Wildman–Crippen LogP) is 0.539. The molecule has 0 atom stereocenters. The number of rotatable bonds is 7. The molecule has 0 saturated heterocycles. The van der Waals surface area contributed by atoms with Crippen LogP contribution in [0.5, 0.6) is 17.2 Å². The summed E-state index contributed by atoms with van der Waals surface area (Å²) in [6, 6.07) is 2.89. The van der Waals surface area contributed by atoms with Gasteiger partial charge in [-0.05, 0) is 0 Å². The molecule has 8 nitrogen and oxygen atoms in total. The first-order valence-electron chi connectivity index (χ1n) is 5.35. The van der Waals surface area contributed by atoms with E-state index in [-0.39, 0.29) is 17.2 Å². The lowest BCUT2D eigenvalue weighted by atomic mass is 10.2. The number of nitrogens with one attached hydrogen (secondary N) is 1. The largest absolute Gasteiger partial charge is 0.496 e. The number of anilines is 1. The van der Waals surface area contributed by atoms with Crippen molar-refractivity contribution in [2.24, 2.45) is 0 Å². The molecule has 0 fully saturated rings. The lowest BCUT2D eigenvalue weighted by Crippen LogP contribution is -2.23. The Morgan fingerprint density at radius 1 is 1.15 bits per heavy atom. The molecule has 9 heteroatoms. The van der Waals surface area contributed by atoms with E-state index in [4.69, 9.17) is 19.3 Å². The van der Waals surface area contributed by atoms with Crippen LogP contribution in [0, 0.1) is 0 Å². The van der Waals surface area contributed by atoms with E-state index in [0.29, 0.717) is 5.75 Å². The fourth-order valence-corrected chi connectivity index (χ4v) is 2.37. The Kier molecular flexibility index (Phi) is 5.03. The van der Waals surface area contributed by atoms with E-state index in [2.05, 4.69) is 4.72 Å². The van der Waals surface area contributed by atoms with Crippen LogP contribution in [-0.2, 0) is 14.8 Å². The summed E-state index contributed by atoms with van der Waals surface area (Å²) in [7, 11) is 0.0371. The molecule has 0 aromatic heterocycles. The molecular formula is C11H15NO7S. The van der Waals surface area contributed by atoms with Gasteiger partial charge in [-0.25, -0.2) is 8.42 Å². The quantitative estimate of drug-likeness (QED) is 0.756. The van der Waals surface area contributed by atoms with Gasteiger partial charge in [0.1, 0.15) is 22.9 Å². The van der Waals surface area contributed by atoms with Gasteiger partial charge in [0, 0.05) is 12.1 Å². The molecule has 1 aromatic carbocycles. The van der Waals surface area contributed by atoms with Gasteiger partial charge in [0.2, 0.25) is 10.0 Å². The molecule has 0 aliphatic rings. The lowest BCUT2D eigenvalue weighted by Gasteiger charge is -2.16. The van der Waals surface area contributed by atoms with Gasteiger partial charge < -0.3 is 19.3 Å². The SMILES string of the molecule is COc1cc(OC)c(NS(=O)(=O)CC(=O)O)c(OC)c1. The van der Waals surface area contributed by atoms with Crippen LogP contribution < -0.4 is 18.9 Å². The summed E-state index contributed by atoms with van der Waals surface area (Å²) in [5, 5.41) is 8.56. The van der Waals surface area contributed by atoms with E-state index in [1.54, 1.807) is 0 Å². The van der Waals surface area contributed by atoms with Crippen molar-refractivity contribution in [2.45, 2.75) is 0 Å². The highest BCUT2D eigenvalue weighted by Gasteiger charge is 2.21. The van der Waals surface area contributed by atoms with Crippen molar-refractivity contribution in [3.8, 4) is 17.2 Å². The molecule has 0 heterocycles. The van der Waals surface area contributed by atoms with Crippen molar-refractivity contribution in [3.63, 3.8) is 0 Å². The third-order valence-corrected chi connectivity index (χ3v) is 3.43. The molecule has 0 radical (unpaired) electrons. The molecule has 2 N–H and O–H groups in total. The Morgan fingerprint density at radius 2 is 1.65 bits per heavy atom. The van der Waals surface area contributed by atoms with Gasteiger partial charge in [-0.2, -0.15) is 0 Å². The molecule has 0 spiro atoms. The summed E-state index contributed by atoms with van der Waals surface area (Å²) in [6.07, 6.45) is 0. The summed E-state index contributed by atoms with van der Waals surface area (Å²) in [5.74, 6) is -1.83. The van der Waals surface area contributed by atoms with Gasteiger partial charge >= 0.3 is 5.97 Å². The normalized spacial score (nSPS) is 10.8. The molecule has 0 bridgehead atoms. The minimum atomic E-state index is -4.07. The second-order valence-corrected chi connectivity index (χ2v) is 5.38. The zero-order valence-electron chi connectivity index (χ0n) is 11.2. The maximum Gasteiger partial charge on any atom is 0.320 e. The smallest absolute Gasteiger partial charge is 0.320 e. The lowest BCUT2D eigenvalue weighted by molar-refractivity contribution is -0.134. The molecule has 0 aliphatic heterocycles. The highest BCUT2D eigenvalue weighted by Crippen LogP contribution is 2.39. The number of aliphatic carboxylic acids is 1. The van der Waals surface area contributed by atoms with Crippen LogP contribution in [0.3, 0.4) is 0 Å². The van der Waals surface area contributed by atoms with E-state index in [1.807, 2.05) is 0 Å². The Labute approximate surface area is 116 Å². The van der Waals surface area contributed by atoms with E-state index in [9.17, 15) is 13.2 Å². The Bertz CT molecular complexity index is 572. The number of carboxylic acid groups (broad SMARTS) is 1. The fraction of sp³-hybridized carbons (Fsp3) is 0.364. The third-order valence-electron chi connectivity index (χ3n) is 2.29. The second kappa shape index (κ2) is 6.33. The van der Waals surface area contributed by atoms with Gasteiger partial charge in [-0.3, -0.25) is 9.52 Å². The number of benzene rings is 1. The van der Waals surface area contributed by atoms with E-state index in [0.717, 1.165) is 0 Å². The maximum absolute atomic E-state index is 11.7. The molecule has 0 aliphatic carbocycles. The van der Waals surface area contributed by atoms with E-state index < -0.39 is 21.7 Å². The number of ether oxygens (including phenoxy) is 3. The van der Waals surface area contributed by atoms with E-state index in [1.165, 1.54) is 33.5 Å². The fourth-order valence-electron chi connectivity index (χ4n) is 1.46. The van der Waals surface area contributed by atoms with Crippen LogP contribution in [-0.4, -0.2) is 46.6 Å². The minimum absolute atomic E-state index is 0.0112. The van der Waals surface area contributed by atoms with Crippen molar-refractivity contribution in [1.82, 2.24) is 0 Å². The first kappa shape index (κ1) is 15.9. The van der Waals surface area contributed by atoms with E-state index >= 15 is 0 Å². The molecule has 1 aromatic rings. The molecule has 20 heavy (non-hydrogen) atoms. The zero-order valence-corrected chi connectivity index (χ0v) is 12.0. The van der Waals surface area contributed by atoms with Gasteiger partial charge in [0.15, 0.2) is 5.75 Å². The second-order valence-electron chi connectivity index (χ2n) is 3.66. The van der Waals surface area contributed by atoms with Crippen LogP contribution in [0.2, 0.25) is 0 Å². The molecule has 1 rings (SSSR count). The van der Waals surface area contributed by atoms with Gasteiger partial charge in [0.05, 0.1) is 21.3 Å². The number of sulfonamides is 1. The van der Waals surface area contributed by atoms with Gasteiger partial charge in [-0.15, -0.1) is 0 Å².